The number of hydrogen-bond acceptors (Lipinski definition) is 6. The number of methoxy groups -OCH3 is 1. The van der Waals surface area contributed by atoms with E-state index in [-0.39, 0.29) is 12.0 Å². The number of nitrogens with one attached hydrogen (secondary N) is 1. The number of pyridine rings is 1. The molecule has 0 radical (unpaired) electrons. The third-order valence-electron chi connectivity index (χ3n) is 3.45. The lowest BCUT2D eigenvalue weighted by Crippen LogP contribution is -2.27. The van der Waals surface area contributed by atoms with Crippen molar-refractivity contribution in [3.05, 3.63) is 35.6 Å². The van der Waals surface area contributed by atoms with Gasteiger partial charge in [0.25, 0.3) is 0 Å². The molecule has 2 rings (SSSR count). The average Bonchev–Trinajstić information content (AvgIpc) is 2.95. The minimum atomic E-state index is 0.176. The Kier molecular flexibility index (Phi) is 4.68. The Balaban J connectivity index is 2.05. The average molecular weight is 276 g/mol. The van der Waals surface area contributed by atoms with Crippen molar-refractivity contribution in [1.82, 2.24) is 20.4 Å². The van der Waals surface area contributed by atoms with Gasteiger partial charge >= 0.3 is 0 Å². The van der Waals surface area contributed by atoms with Gasteiger partial charge in [0.2, 0.25) is 11.8 Å². The van der Waals surface area contributed by atoms with Gasteiger partial charge in [-0.25, -0.2) is 4.98 Å². The summed E-state index contributed by atoms with van der Waals surface area (Å²) in [6.07, 6.45) is 2.36. The van der Waals surface area contributed by atoms with E-state index in [1.165, 1.54) is 0 Å². The normalized spacial score (nSPS) is 14.0. The predicted octanol–water partition coefficient (Wildman–Crippen LogP) is 1.78. The second-order valence-electron chi connectivity index (χ2n) is 4.80. The maximum atomic E-state index is 5.32. The third kappa shape index (κ3) is 3.33. The first-order valence-corrected chi connectivity index (χ1v) is 6.62. The van der Waals surface area contributed by atoms with Gasteiger partial charge in [-0.15, -0.1) is 0 Å². The molecule has 0 aromatic carbocycles. The maximum absolute atomic E-state index is 5.32. The summed E-state index contributed by atoms with van der Waals surface area (Å²) in [5, 5.41) is 7.20. The van der Waals surface area contributed by atoms with Crippen molar-refractivity contribution in [2.24, 2.45) is 0 Å². The number of rotatable bonds is 6. The maximum Gasteiger partial charge on any atom is 0.231 e. The molecule has 2 aromatic rings. The quantitative estimate of drug-likeness (QED) is 0.867. The molecule has 0 fully saturated rings. The van der Waals surface area contributed by atoms with Crippen LogP contribution in [0.25, 0.3) is 0 Å². The van der Waals surface area contributed by atoms with E-state index in [4.69, 9.17) is 9.26 Å². The molecule has 0 aliphatic heterocycles. The monoisotopic (exact) mass is 276 g/mol. The second kappa shape index (κ2) is 6.47. The van der Waals surface area contributed by atoms with Crippen molar-refractivity contribution >= 4 is 0 Å². The molecular formula is C14H20N4O2. The van der Waals surface area contributed by atoms with Crippen LogP contribution < -0.4 is 10.1 Å². The van der Waals surface area contributed by atoms with Crippen molar-refractivity contribution in [3.63, 3.8) is 0 Å². The molecular weight excluding hydrogens is 256 g/mol. The van der Waals surface area contributed by atoms with Gasteiger partial charge in [0, 0.05) is 24.7 Å². The smallest absolute Gasteiger partial charge is 0.231 e. The highest BCUT2D eigenvalue weighted by molar-refractivity contribution is 5.20. The molecule has 0 aliphatic rings. The van der Waals surface area contributed by atoms with Crippen molar-refractivity contribution in [1.29, 1.82) is 0 Å². The number of nitrogens with zero attached hydrogens (tertiary/aromatic N) is 3. The lowest BCUT2D eigenvalue weighted by molar-refractivity contribution is 0.333. The van der Waals surface area contributed by atoms with E-state index in [1.807, 2.05) is 19.2 Å². The number of ether oxygens (including phenoxy) is 1. The number of aromatic nitrogens is 3. The van der Waals surface area contributed by atoms with Crippen LogP contribution in [0, 0.1) is 0 Å². The van der Waals surface area contributed by atoms with Gasteiger partial charge in [-0.1, -0.05) is 18.1 Å². The van der Waals surface area contributed by atoms with Crippen LogP contribution in [0.15, 0.2) is 22.9 Å². The van der Waals surface area contributed by atoms with Crippen LogP contribution in [-0.4, -0.2) is 35.3 Å². The van der Waals surface area contributed by atoms with Gasteiger partial charge in [-0.2, -0.15) is 4.98 Å². The summed E-state index contributed by atoms with van der Waals surface area (Å²) in [7, 11) is 3.51. The van der Waals surface area contributed by atoms with Crippen molar-refractivity contribution in [3.8, 4) is 5.88 Å². The van der Waals surface area contributed by atoms with E-state index in [1.54, 1.807) is 13.3 Å². The highest BCUT2D eigenvalue weighted by Crippen LogP contribution is 2.18. The van der Waals surface area contributed by atoms with Crippen LogP contribution in [0.5, 0.6) is 5.88 Å². The van der Waals surface area contributed by atoms with E-state index in [9.17, 15) is 0 Å². The van der Waals surface area contributed by atoms with Crippen molar-refractivity contribution in [2.75, 3.05) is 14.2 Å². The molecule has 2 atom stereocenters. The van der Waals surface area contributed by atoms with Gasteiger partial charge < -0.3 is 14.6 Å². The van der Waals surface area contributed by atoms with Crippen LogP contribution in [-0.2, 0) is 6.42 Å². The zero-order valence-electron chi connectivity index (χ0n) is 12.3. The zero-order chi connectivity index (χ0) is 14.5. The molecule has 2 unspecified atom stereocenters. The first-order valence-electron chi connectivity index (χ1n) is 6.62. The van der Waals surface area contributed by atoms with E-state index >= 15 is 0 Å². The Morgan fingerprint density at radius 3 is 2.75 bits per heavy atom. The molecule has 0 spiro atoms. The molecule has 0 bridgehead atoms. The lowest BCUT2D eigenvalue weighted by Gasteiger charge is -2.14. The van der Waals surface area contributed by atoms with Crippen LogP contribution in [0.2, 0.25) is 0 Å². The number of hydrogen-bond donors (Lipinski definition) is 1. The highest BCUT2D eigenvalue weighted by atomic mass is 16.5. The summed E-state index contributed by atoms with van der Waals surface area (Å²) >= 11 is 0. The van der Waals surface area contributed by atoms with Crippen LogP contribution >= 0.6 is 0 Å². The van der Waals surface area contributed by atoms with Crippen LogP contribution in [0.1, 0.15) is 37.0 Å². The topological polar surface area (TPSA) is 73.1 Å². The Hall–Kier alpha value is -1.95. The fourth-order valence-corrected chi connectivity index (χ4v) is 1.81. The Morgan fingerprint density at radius 2 is 2.15 bits per heavy atom. The van der Waals surface area contributed by atoms with E-state index in [0.29, 0.717) is 24.0 Å². The molecule has 1 N–H and O–H groups in total. The largest absolute Gasteiger partial charge is 0.481 e. The van der Waals surface area contributed by atoms with E-state index in [2.05, 4.69) is 34.3 Å². The van der Waals surface area contributed by atoms with E-state index in [0.717, 1.165) is 5.56 Å². The summed E-state index contributed by atoms with van der Waals surface area (Å²) in [6, 6.07) is 4.05. The molecule has 108 valence electrons. The predicted molar refractivity (Wildman–Crippen MR) is 74.8 cm³/mol. The van der Waals surface area contributed by atoms with Crippen LogP contribution in [0.3, 0.4) is 0 Å². The van der Waals surface area contributed by atoms with Gasteiger partial charge in [-0.3, -0.25) is 0 Å². The van der Waals surface area contributed by atoms with Gasteiger partial charge in [-0.05, 0) is 19.5 Å². The van der Waals surface area contributed by atoms with E-state index < -0.39 is 0 Å². The Bertz CT molecular complexity index is 538. The third-order valence-corrected chi connectivity index (χ3v) is 3.45. The summed E-state index contributed by atoms with van der Waals surface area (Å²) in [5.41, 5.74) is 1.02. The summed E-state index contributed by atoms with van der Waals surface area (Å²) in [6.45, 7) is 4.15. The molecule has 6 heteroatoms. The molecule has 20 heavy (non-hydrogen) atoms. The first kappa shape index (κ1) is 14.5. The second-order valence-corrected chi connectivity index (χ2v) is 4.80. The van der Waals surface area contributed by atoms with Gasteiger partial charge in [0.05, 0.1) is 13.0 Å². The lowest BCUT2D eigenvalue weighted by atomic mass is 10.0. The molecule has 0 saturated carbocycles. The zero-order valence-corrected chi connectivity index (χ0v) is 12.3. The molecule has 2 heterocycles. The Labute approximate surface area is 118 Å². The standard InChI is InChI=1S/C14H20N4O2/c1-9(10(2)15-3)14-17-12(18-20-14)7-11-5-6-13(19-4)16-8-11/h5-6,8-10,15H,7H2,1-4H3. The van der Waals surface area contributed by atoms with Crippen molar-refractivity contribution in [2.45, 2.75) is 32.2 Å². The van der Waals surface area contributed by atoms with Gasteiger partial charge in [0.1, 0.15) is 0 Å². The Morgan fingerprint density at radius 1 is 1.35 bits per heavy atom. The molecule has 0 amide bonds. The van der Waals surface area contributed by atoms with Crippen LogP contribution in [0.4, 0.5) is 0 Å². The summed E-state index contributed by atoms with van der Waals surface area (Å²) in [4.78, 5) is 8.60. The molecule has 0 saturated heterocycles. The molecule has 0 aliphatic carbocycles. The minimum Gasteiger partial charge on any atom is -0.481 e. The van der Waals surface area contributed by atoms with Crippen molar-refractivity contribution < 1.29 is 9.26 Å². The minimum absolute atomic E-state index is 0.176. The summed E-state index contributed by atoms with van der Waals surface area (Å²) in [5.74, 6) is 2.10. The first-order chi connectivity index (χ1) is 9.63. The fraction of sp³-hybridized carbons (Fsp3) is 0.500. The molecule has 6 nitrogen and oxygen atoms in total. The SMILES string of the molecule is CNC(C)C(C)c1nc(Cc2ccc(OC)nc2)no1. The fourth-order valence-electron chi connectivity index (χ4n) is 1.81. The highest BCUT2D eigenvalue weighted by Gasteiger charge is 2.19. The van der Waals surface area contributed by atoms with Gasteiger partial charge in [0.15, 0.2) is 5.82 Å². The summed E-state index contributed by atoms with van der Waals surface area (Å²) < 4.78 is 10.3. The molecule has 2 aromatic heterocycles. The number of likely N-dealkylation sites (N-methyl/N-ethyl adjacent to an activating group) is 1.